The Morgan fingerprint density at radius 2 is 1.77 bits per heavy atom. The highest BCUT2D eigenvalue weighted by Gasteiger charge is 2.40. The fraction of sp³-hybridized carbons (Fsp3) is 0.174. The number of hydrogen-bond donors (Lipinski definition) is 0. The van der Waals surface area contributed by atoms with E-state index in [4.69, 9.17) is 4.74 Å². The zero-order valence-corrected chi connectivity index (χ0v) is 16.3. The van der Waals surface area contributed by atoms with Crippen LogP contribution in [0.2, 0.25) is 0 Å². The van der Waals surface area contributed by atoms with Crippen LogP contribution < -0.4 is 0 Å². The molecule has 30 heavy (non-hydrogen) atoms. The summed E-state index contributed by atoms with van der Waals surface area (Å²) < 4.78 is 7.31. The number of benzene rings is 3. The van der Waals surface area contributed by atoms with Crippen molar-refractivity contribution in [3.8, 4) is 0 Å². The van der Waals surface area contributed by atoms with E-state index in [1.54, 1.807) is 4.68 Å². The molecule has 0 fully saturated rings. The Kier molecular flexibility index (Phi) is 4.55. The standard InChI is InChI=1S/C23H19N5O2/c1-15-20(22(29)30-14-16-8-3-2-4-9-16)21(28-23(24-15)25-26-27-28)19-13-7-11-17-10-5-6-12-18(17)19/h2-13,20-21H,14H2,1H3. The smallest absolute Gasteiger partial charge is 0.317 e. The van der Waals surface area contributed by atoms with Gasteiger partial charge in [0.05, 0.1) is 0 Å². The normalized spacial score (nSPS) is 18.0. The van der Waals surface area contributed by atoms with Crippen molar-refractivity contribution in [3.63, 3.8) is 0 Å². The minimum atomic E-state index is -0.629. The fourth-order valence-corrected chi connectivity index (χ4v) is 3.98. The Bertz CT molecular complexity index is 1240. The average molecular weight is 397 g/mol. The van der Waals surface area contributed by atoms with Crippen LogP contribution in [0.1, 0.15) is 24.1 Å². The van der Waals surface area contributed by atoms with Gasteiger partial charge in [-0.05, 0) is 39.2 Å². The van der Waals surface area contributed by atoms with Crippen LogP contribution in [0, 0.1) is 5.92 Å². The summed E-state index contributed by atoms with van der Waals surface area (Å²) in [4.78, 5) is 17.7. The number of nitrogens with zero attached hydrogens (tertiary/aromatic N) is 5. The molecule has 1 aliphatic rings. The monoisotopic (exact) mass is 397 g/mol. The summed E-state index contributed by atoms with van der Waals surface area (Å²) in [5, 5.41) is 14.1. The van der Waals surface area contributed by atoms with E-state index >= 15 is 0 Å². The lowest BCUT2D eigenvalue weighted by molar-refractivity contribution is -0.148. The fourth-order valence-electron chi connectivity index (χ4n) is 3.98. The van der Waals surface area contributed by atoms with Gasteiger partial charge in [0.25, 0.3) is 5.95 Å². The van der Waals surface area contributed by atoms with Gasteiger partial charge in [0.2, 0.25) is 0 Å². The molecule has 7 nitrogen and oxygen atoms in total. The van der Waals surface area contributed by atoms with Crippen LogP contribution in [0.15, 0.2) is 77.8 Å². The van der Waals surface area contributed by atoms with Gasteiger partial charge in [-0.25, -0.2) is 9.67 Å². The van der Waals surface area contributed by atoms with Gasteiger partial charge in [-0.3, -0.25) is 4.79 Å². The maximum Gasteiger partial charge on any atom is 0.317 e. The quantitative estimate of drug-likeness (QED) is 0.488. The highest BCUT2D eigenvalue weighted by molar-refractivity contribution is 6.04. The molecule has 1 aliphatic heterocycles. The molecular weight excluding hydrogens is 378 g/mol. The first-order valence-electron chi connectivity index (χ1n) is 9.73. The van der Waals surface area contributed by atoms with Gasteiger partial charge in [-0.15, -0.1) is 0 Å². The van der Waals surface area contributed by atoms with Crippen molar-refractivity contribution in [1.29, 1.82) is 0 Å². The van der Waals surface area contributed by atoms with Crippen molar-refractivity contribution < 1.29 is 9.53 Å². The highest BCUT2D eigenvalue weighted by Crippen LogP contribution is 2.38. The molecule has 5 rings (SSSR count). The lowest BCUT2D eigenvalue weighted by Crippen LogP contribution is -2.37. The number of ether oxygens (including phenoxy) is 1. The molecule has 4 aromatic rings. The second-order valence-corrected chi connectivity index (χ2v) is 7.26. The average Bonchev–Trinajstić information content (AvgIpc) is 3.25. The van der Waals surface area contributed by atoms with Crippen molar-refractivity contribution in [1.82, 2.24) is 20.2 Å². The molecule has 0 bridgehead atoms. The Morgan fingerprint density at radius 3 is 2.63 bits per heavy atom. The Balaban J connectivity index is 1.57. The predicted molar refractivity (Wildman–Crippen MR) is 112 cm³/mol. The number of aliphatic imine (C=N–C) groups is 1. The van der Waals surface area contributed by atoms with E-state index in [2.05, 4.69) is 20.5 Å². The molecule has 3 aromatic carbocycles. The first-order chi connectivity index (χ1) is 14.7. The molecule has 2 heterocycles. The van der Waals surface area contributed by atoms with Gasteiger partial charge in [0, 0.05) is 5.71 Å². The highest BCUT2D eigenvalue weighted by atomic mass is 16.5. The number of hydrogen-bond acceptors (Lipinski definition) is 6. The van der Waals surface area contributed by atoms with Crippen molar-refractivity contribution in [2.24, 2.45) is 10.9 Å². The number of rotatable bonds is 4. The SMILES string of the molecule is CC1=Nc2nnnn2C(c2cccc3ccccc23)C1C(=O)OCc1ccccc1. The topological polar surface area (TPSA) is 82.3 Å². The lowest BCUT2D eigenvalue weighted by Gasteiger charge is -2.30. The molecule has 7 heteroatoms. The van der Waals surface area contributed by atoms with Crippen LogP contribution in [-0.4, -0.2) is 31.9 Å². The molecule has 2 unspecified atom stereocenters. The van der Waals surface area contributed by atoms with Gasteiger partial charge in [-0.1, -0.05) is 77.9 Å². The molecule has 0 aliphatic carbocycles. The van der Waals surface area contributed by atoms with Gasteiger partial charge in [0.15, 0.2) is 0 Å². The number of carbonyl (C=O) groups is 1. The van der Waals surface area contributed by atoms with Crippen molar-refractivity contribution in [2.75, 3.05) is 0 Å². The summed E-state index contributed by atoms with van der Waals surface area (Å²) in [5.74, 6) is -0.591. The molecule has 0 radical (unpaired) electrons. The summed E-state index contributed by atoms with van der Waals surface area (Å²) in [6.45, 7) is 2.03. The third-order valence-electron chi connectivity index (χ3n) is 5.40. The molecule has 0 N–H and O–H groups in total. The van der Waals surface area contributed by atoms with E-state index in [0.717, 1.165) is 21.9 Å². The van der Waals surface area contributed by atoms with Gasteiger partial charge in [0.1, 0.15) is 18.6 Å². The second kappa shape index (κ2) is 7.51. The maximum absolute atomic E-state index is 13.2. The number of esters is 1. The zero-order chi connectivity index (χ0) is 20.5. The third kappa shape index (κ3) is 3.14. The Labute approximate surface area is 173 Å². The van der Waals surface area contributed by atoms with Crippen LogP contribution in [0.5, 0.6) is 0 Å². The van der Waals surface area contributed by atoms with E-state index in [1.165, 1.54) is 0 Å². The number of fused-ring (bicyclic) bond motifs is 2. The van der Waals surface area contributed by atoms with E-state index in [-0.39, 0.29) is 12.6 Å². The zero-order valence-electron chi connectivity index (χ0n) is 16.3. The molecule has 2 atom stereocenters. The largest absolute Gasteiger partial charge is 0.460 e. The third-order valence-corrected chi connectivity index (χ3v) is 5.40. The lowest BCUT2D eigenvalue weighted by atomic mass is 9.86. The van der Waals surface area contributed by atoms with Crippen LogP contribution in [0.25, 0.3) is 10.8 Å². The van der Waals surface area contributed by atoms with Crippen LogP contribution in [0.4, 0.5) is 5.95 Å². The van der Waals surface area contributed by atoms with Crippen LogP contribution >= 0.6 is 0 Å². The molecule has 1 aromatic heterocycles. The summed E-state index contributed by atoms with van der Waals surface area (Å²) in [6.07, 6.45) is 0. The Morgan fingerprint density at radius 1 is 1.00 bits per heavy atom. The molecule has 0 saturated carbocycles. The van der Waals surface area contributed by atoms with Gasteiger partial charge in [-0.2, -0.15) is 0 Å². The summed E-state index contributed by atoms with van der Waals surface area (Å²) in [6, 6.07) is 23.3. The minimum absolute atomic E-state index is 0.203. The second-order valence-electron chi connectivity index (χ2n) is 7.26. The van der Waals surface area contributed by atoms with Gasteiger partial charge >= 0.3 is 5.97 Å². The maximum atomic E-state index is 13.2. The van der Waals surface area contributed by atoms with Crippen LogP contribution in [-0.2, 0) is 16.1 Å². The Hall–Kier alpha value is -3.87. The molecule has 0 amide bonds. The predicted octanol–water partition coefficient (Wildman–Crippen LogP) is 3.88. The summed E-state index contributed by atoms with van der Waals surface area (Å²) in [5.41, 5.74) is 2.52. The summed E-state index contributed by atoms with van der Waals surface area (Å²) >= 11 is 0. The van der Waals surface area contributed by atoms with E-state index < -0.39 is 12.0 Å². The van der Waals surface area contributed by atoms with Crippen LogP contribution in [0.3, 0.4) is 0 Å². The van der Waals surface area contributed by atoms with Crippen molar-refractivity contribution in [2.45, 2.75) is 19.6 Å². The van der Waals surface area contributed by atoms with E-state index in [1.807, 2.05) is 79.7 Å². The van der Waals surface area contributed by atoms with E-state index in [9.17, 15) is 4.79 Å². The molecule has 148 valence electrons. The van der Waals surface area contributed by atoms with E-state index in [0.29, 0.717) is 11.7 Å². The minimum Gasteiger partial charge on any atom is -0.460 e. The van der Waals surface area contributed by atoms with Crippen molar-refractivity contribution in [3.05, 3.63) is 83.9 Å². The number of carbonyl (C=O) groups excluding carboxylic acids is 1. The molecule has 0 spiro atoms. The number of tetrazole rings is 1. The summed E-state index contributed by atoms with van der Waals surface area (Å²) in [7, 11) is 0. The first-order valence-corrected chi connectivity index (χ1v) is 9.73. The number of aromatic nitrogens is 4. The molecule has 0 saturated heterocycles. The van der Waals surface area contributed by atoms with Gasteiger partial charge < -0.3 is 4.74 Å². The molecular formula is C23H19N5O2. The van der Waals surface area contributed by atoms with Crippen molar-refractivity contribution >= 4 is 28.4 Å². The first kappa shape index (κ1) is 18.2.